The fourth-order valence-corrected chi connectivity index (χ4v) is 1.40. The van der Waals surface area contributed by atoms with E-state index in [1.807, 2.05) is 65.8 Å². The lowest BCUT2D eigenvalue weighted by atomic mass is 10.2. The fraction of sp³-hybridized carbons (Fsp3) is 0.588. The first-order valence-electron chi connectivity index (χ1n) is 7.53. The van der Waals surface area contributed by atoms with Gasteiger partial charge in [0.05, 0.1) is 6.61 Å². The number of carbonyl (C=O) groups is 1. The van der Waals surface area contributed by atoms with Gasteiger partial charge in [-0.1, -0.05) is 31.5 Å². The molecular weight excluding hydrogens is 266 g/mol. The van der Waals surface area contributed by atoms with Gasteiger partial charge in [-0.2, -0.15) is 0 Å². The summed E-state index contributed by atoms with van der Waals surface area (Å²) in [4.78, 5) is 11.4. The van der Waals surface area contributed by atoms with Crippen LogP contribution in [-0.2, 0) is 4.74 Å². The van der Waals surface area contributed by atoms with Crippen LogP contribution in [0.2, 0.25) is 0 Å². The number of alkyl carbamates (subject to hydrolysis) is 1. The number of amides is 1. The number of ether oxygens (including phenoxy) is 2. The van der Waals surface area contributed by atoms with Crippen LogP contribution >= 0.6 is 0 Å². The first-order valence-corrected chi connectivity index (χ1v) is 7.53. The van der Waals surface area contributed by atoms with Crippen molar-refractivity contribution in [1.82, 2.24) is 5.32 Å². The van der Waals surface area contributed by atoms with Gasteiger partial charge < -0.3 is 14.8 Å². The van der Waals surface area contributed by atoms with Crippen LogP contribution in [0.4, 0.5) is 4.79 Å². The van der Waals surface area contributed by atoms with Crippen molar-refractivity contribution < 1.29 is 14.3 Å². The molecule has 0 saturated carbocycles. The van der Waals surface area contributed by atoms with E-state index in [0.717, 1.165) is 12.2 Å². The molecule has 0 saturated heterocycles. The Hall–Kier alpha value is -1.71. The van der Waals surface area contributed by atoms with Gasteiger partial charge in [-0.3, -0.25) is 0 Å². The first-order chi connectivity index (χ1) is 9.87. The fourth-order valence-electron chi connectivity index (χ4n) is 1.40. The van der Waals surface area contributed by atoms with E-state index < -0.39 is 5.60 Å². The summed E-state index contributed by atoms with van der Waals surface area (Å²) in [5.74, 6) is 0.850. The van der Waals surface area contributed by atoms with Crippen molar-refractivity contribution in [2.45, 2.75) is 53.6 Å². The molecule has 0 bridgehead atoms. The third kappa shape index (κ3) is 10.7. The molecule has 1 aromatic rings. The summed E-state index contributed by atoms with van der Waals surface area (Å²) < 4.78 is 10.7. The van der Waals surface area contributed by atoms with E-state index >= 15 is 0 Å². The highest BCUT2D eigenvalue weighted by Gasteiger charge is 2.15. The zero-order chi connectivity index (χ0) is 16.3. The maximum atomic E-state index is 11.4. The summed E-state index contributed by atoms with van der Waals surface area (Å²) in [7, 11) is 0. The minimum absolute atomic E-state index is 0.386. The molecule has 0 radical (unpaired) electrons. The molecule has 0 aliphatic heterocycles. The van der Waals surface area contributed by atoms with Crippen molar-refractivity contribution in [2.24, 2.45) is 0 Å². The highest BCUT2D eigenvalue weighted by atomic mass is 16.6. The van der Waals surface area contributed by atoms with Gasteiger partial charge in [0.2, 0.25) is 0 Å². The van der Waals surface area contributed by atoms with Crippen LogP contribution in [0.3, 0.4) is 0 Å². The van der Waals surface area contributed by atoms with Crippen molar-refractivity contribution >= 4 is 6.09 Å². The van der Waals surface area contributed by atoms with E-state index in [-0.39, 0.29) is 6.09 Å². The van der Waals surface area contributed by atoms with Gasteiger partial charge in [-0.15, -0.1) is 0 Å². The van der Waals surface area contributed by atoms with E-state index in [2.05, 4.69) is 5.32 Å². The van der Waals surface area contributed by atoms with Crippen LogP contribution in [0.25, 0.3) is 0 Å². The molecule has 4 heteroatoms. The minimum atomic E-state index is -0.456. The van der Waals surface area contributed by atoms with Crippen molar-refractivity contribution in [2.75, 3.05) is 13.2 Å². The first kappa shape index (κ1) is 19.3. The Morgan fingerprint density at radius 3 is 2.24 bits per heavy atom. The lowest BCUT2D eigenvalue weighted by Crippen LogP contribution is -2.33. The Labute approximate surface area is 128 Å². The number of hydrogen-bond donors (Lipinski definition) is 1. The molecule has 0 aliphatic carbocycles. The topological polar surface area (TPSA) is 47.6 Å². The Morgan fingerprint density at radius 1 is 1.14 bits per heavy atom. The SMILES string of the molecule is CC.Cc1ccc(OCCCNC(=O)OC(C)(C)C)cc1. The van der Waals surface area contributed by atoms with Gasteiger partial charge >= 0.3 is 6.09 Å². The lowest BCUT2D eigenvalue weighted by molar-refractivity contribution is 0.0525. The summed E-state index contributed by atoms with van der Waals surface area (Å²) in [5.41, 5.74) is 0.751. The Bertz CT molecular complexity index is 393. The Morgan fingerprint density at radius 2 is 1.71 bits per heavy atom. The highest BCUT2D eigenvalue weighted by molar-refractivity contribution is 5.67. The second-order valence-electron chi connectivity index (χ2n) is 5.44. The average Bonchev–Trinajstić information content (AvgIpc) is 2.41. The molecule has 0 aromatic heterocycles. The van der Waals surface area contributed by atoms with Crippen LogP contribution < -0.4 is 10.1 Å². The van der Waals surface area contributed by atoms with E-state index in [1.165, 1.54) is 5.56 Å². The predicted molar refractivity (Wildman–Crippen MR) is 86.9 cm³/mol. The van der Waals surface area contributed by atoms with Gasteiger partial charge in [-0.05, 0) is 46.2 Å². The number of rotatable bonds is 5. The average molecular weight is 295 g/mol. The summed E-state index contributed by atoms with van der Waals surface area (Å²) in [6.45, 7) is 12.7. The molecule has 1 N–H and O–H groups in total. The maximum absolute atomic E-state index is 11.4. The van der Waals surface area contributed by atoms with Gasteiger partial charge in [0, 0.05) is 6.54 Å². The number of hydrogen-bond acceptors (Lipinski definition) is 3. The predicted octanol–water partition coefficient (Wildman–Crippen LogP) is 4.31. The van der Waals surface area contributed by atoms with Crippen molar-refractivity contribution in [3.05, 3.63) is 29.8 Å². The number of carbonyl (C=O) groups excluding carboxylic acids is 1. The molecule has 0 unspecified atom stereocenters. The smallest absolute Gasteiger partial charge is 0.407 e. The van der Waals surface area contributed by atoms with E-state index in [0.29, 0.717) is 13.2 Å². The molecule has 21 heavy (non-hydrogen) atoms. The second-order valence-corrected chi connectivity index (χ2v) is 5.44. The number of nitrogens with one attached hydrogen (secondary N) is 1. The molecule has 1 aromatic carbocycles. The summed E-state index contributed by atoms with van der Waals surface area (Å²) in [6.07, 6.45) is 0.357. The molecule has 0 atom stereocenters. The zero-order valence-electron chi connectivity index (χ0n) is 14.2. The highest BCUT2D eigenvalue weighted by Crippen LogP contribution is 2.11. The van der Waals surface area contributed by atoms with E-state index in [9.17, 15) is 4.79 Å². The van der Waals surface area contributed by atoms with Crippen molar-refractivity contribution in [3.63, 3.8) is 0 Å². The molecular formula is C17H29NO3. The zero-order valence-corrected chi connectivity index (χ0v) is 14.2. The summed E-state index contributed by atoms with van der Waals surface area (Å²) >= 11 is 0. The lowest BCUT2D eigenvalue weighted by Gasteiger charge is -2.19. The van der Waals surface area contributed by atoms with Crippen molar-refractivity contribution in [3.8, 4) is 5.75 Å². The van der Waals surface area contributed by atoms with Crippen LogP contribution in [0, 0.1) is 6.92 Å². The van der Waals surface area contributed by atoms with Gasteiger partial charge in [-0.25, -0.2) is 4.79 Å². The van der Waals surface area contributed by atoms with Crippen molar-refractivity contribution in [1.29, 1.82) is 0 Å². The van der Waals surface area contributed by atoms with E-state index in [1.54, 1.807) is 0 Å². The number of benzene rings is 1. The standard InChI is InChI=1S/C15H23NO3.C2H6/c1-12-6-8-13(9-7-12)18-11-5-10-16-14(17)19-15(2,3)4;1-2/h6-9H,5,10-11H2,1-4H3,(H,16,17);1-2H3. The summed E-state index contributed by atoms with van der Waals surface area (Å²) in [6, 6.07) is 7.90. The van der Waals surface area contributed by atoms with Crippen LogP contribution in [0.15, 0.2) is 24.3 Å². The molecule has 120 valence electrons. The van der Waals surface area contributed by atoms with Gasteiger partial charge in [0.25, 0.3) is 0 Å². The largest absolute Gasteiger partial charge is 0.494 e. The van der Waals surface area contributed by atoms with E-state index in [4.69, 9.17) is 9.47 Å². The third-order valence-corrected chi connectivity index (χ3v) is 2.28. The summed E-state index contributed by atoms with van der Waals surface area (Å²) in [5, 5.41) is 2.69. The molecule has 0 spiro atoms. The Kier molecular flexibility index (Phi) is 9.26. The Balaban J connectivity index is 0.00000191. The third-order valence-electron chi connectivity index (χ3n) is 2.28. The molecule has 0 heterocycles. The molecule has 1 rings (SSSR count). The van der Waals surface area contributed by atoms with Crippen LogP contribution in [-0.4, -0.2) is 24.8 Å². The van der Waals surface area contributed by atoms with Gasteiger partial charge in [0.15, 0.2) is 0 Å². The van der Waals surface area contributed by atoms with Crippen LogP contribution in [0.1, 0.15) is 46.6 Å². The normalized spacial score (nSPS) is 10.2. The maximum Gasteiger partial charge on any atom is 0.407 e. The number of aryl methyl sites for hydroxylation is 1. The second kappa shape index (κ2) is 10.1. The van der Waals surface area contributed by atoms with Gasteiger partial charge in [0.1, 0.15) is 11.4 Å². The van der Waals surface area contributed by atoms with Crippen LogP contribution in [0.5, 0.6) is 5.75 Å². The molecule has 0 aliphatic rings. The molecule has 4 nitrogen and oxygen atoms in total. The minimum Gasteiger partial charge on any atom is -0.494 e. The molecule has 0 fully saturated rings. The molecule has 1 amide bonds. The monoisotopic (exact) mass is 295 g/mol. The quantitative estimate of drug-likeness (QED) is 0.823.